The summed E-state index contributed by atoms with van der Waals surface area (Å²) in [5.74, 6) is -2.36. The third-order valence-corrected chi connectivity index (χ3v) is 8.72. The molecule has 3 fully saturated rings. The molecule has 4 amide bonds. The molecule has 0 aromatic carbocycles. The summed E-state index contributed by atoms with van der Waals surface area (Å²) < 4.78 is 16.2. The number of ether oxygens (including phenoxy) is 3. The Kier molecular flexibility index (Phi) is 14.1. The lowest BCUT2D eigenvalue weighted by atomic mass is 9.91. The minimum atomic E-state index is -1.11. The summed E-state index contributed by atoms with van der Waals surface area (Å²) in [6.45, 7) is 10.3. The first-order valence-electron chi connectivity index (χ1n) is 16.9. The van der Waals surface area contributed by atoms with Crippen LogP contribution >= 0.6 is 0 Å². The molecule has 3 aliphatic rings. The number of hydrogen-bond acceptors (Lipinski definition) is 9. The number of carbonyl (C=O) groups is 6. The van der Waals surface area contributed by atoms with Crippen LogP contribution < -0.4 is 10.6 Å². The molecule has 13 heteroatoms. The molecule has 1 aliphatic carbocycles. The van der Waals surface area contributed by atoms with Gasteiger partial charge in [-0.15, -0.1) is 0 Å². The number of hydrogen-bond donors (Lipinski definition) is 2. The maximum atomic E-state index is 13.2. The number of likely N-dealkylation sites (tertiary alicyclic amines) is 2. The second-order valence-electron chi connectivity index (χ2n) is 13.9. The highest BCUT2D eigenvalue weighted by molar-refractivity contribution is 5.84. The molecule has 2 aliphatic heterocycles. The number of piperidine rings is 2. The lowest BCUT2D eigenvalue weighted by Gasteiger charge is -2.35. The Balaban J connectivity index is 1.42. The smallest absolute Gasteiger partial charge is 0.410 e. The number of rotatable bonds is 11. The van der Waals surface area contributed by atoms with Gasteiger partial charge in [0.05, 0.1) is 12.3 Å². The molecule has 0 aromatic rings. The first-order valence-corrected chi connectivity index (χ1v) is 16.9. The summed E-state index contributed by atoms with van der Waals surface area (Å²) in [7, 11) is 0. The van der Waals surface area contributed by atoms with E-state index in [1.165, 1.54) is 13.8 Å². The van der Waals surface area contributed by atoms with Crippen molar-refractivity contribution in [2.75, 3.05) is 26.2 Å². The van der Waals surface area contributed by atoms with Crippen molar-refractivity contribution in [3.63, 3.8) is 0 Å². The fourth-order valence-electron chi connectivity index (χ4n) is 6.21. The predicted octanol–water partition coefficient (Wildman–Crippen LogP) is 3.43. The lowest BCUT2D eigenvalue weighted by molar-refractivity contribution is -0.171. The van der Waals surface area contributed by atoms with Crippen LogP contribution in [0.15, 0.2) is 0 Å². The van der Waals surface area contributed by atoms with E-state index >= 15 is 0 Å². The fraction of sp³-hybridized carbons (Fsp3) is 0.818. The fourth-order valence-corrected chi connectivity index (χ4v) is 6.21. The zero-order valence-electron chi connectivity index (χ0n) is 28.3. The summed E-state index contributed by atoms with van der Waals surface area (Å²) in [6, 6.07) is 0. The van der Waals surface area contributed by atoms with Crippen LogP contribution in [0.25, 0.3) is 0 Å². The quantitative estimate of drug-likeness (QED) is 0.194. The summed E-state index contributed by atoms with van der Waals surface area (Å²) in [5, 5.41) is 5.28. The highest BCUT2D eigenvalue weighted by atomic mass is 16.6. The summed E-state index contributed by atoms with van der Waals surface area (Å²) in [4.78, 5) is 78.9. The van der Waals surface area contributed by atoms with E-state index in [4.69, 9.17) is 14.2 Å². The first kappa shape index (κ1) is 37.1. The maximum Gasteiger partial charge on any atom is 0.410 e. The minimum absolute atomic E-state index is 0.0110. The van der Waals surface area contributed by atoms with Crippen molar-refractivity contribution in [3.8, 4) is 0 Å². The van der Waals surface area contributed by atoms with Crippen molar-refractivity contribution in [2.24, 2.45) is 11.8 Å². The maximum absolute atomic E-state index is 13.2. The van der Waals surface area contributed by atoms with E-state index in [-0.39, 0.29) is 37.0 Å². The molecule has 1 saturated carbocycles. The van der Waals surface area contributed by atoms with E-state index in [9.17, 15) is 28.8 Å². The number of carbonyl (C=O) groups excluding carboxylic acids is 6. The molecule has 2 heterocycles. The Morgan fingerprint density at radius 2 is 1.52 bits per heavy atom. The Labute approximate surface area is 272 Å². The SMILES string of the molecule is CC(=O)N[C@H](CC(=O)OC(C)C(=O)OC1CCCCC1)NC(=O)[C@@H]1CCCN(C(=O)CCC2CCN(C(=O)OC(C)(C)C)CC2)C1. The molecule has 1 unspecified atom stereocenters. The Morgan fingerprint density at radius 1 is 0.848 bits per heavy atom. The van der Waals surface area contributed by atoms with Gasteiger partial charge in [-0.05, 0) is 91.4 Å². The van der Waals surface area contributed by atoms with Crippen LogP contribution in [0.5, 0.6) is 0 Å². The molecule has 0 aromatic heterocycles. The Morgan fingerprint density at radius 3 is 2.15 bits per heavy atom. The monoisotopic (exact) mass is 650 g/mol. The van der Waals surface area contributed by atoms with Crippen molar-refractivity contribution in [1.29, 1.82) is 0 Å². The summed E-state index contributed by atoms with van der Waals surface area (Å²) >= 11 is 0. The average Bonchev–Trinajstić information content (AvgIpc) is 2.99. The number of nitrogens with zero attached hydrogens (tertiary/aromatic N) is 2. The van der Waals surface area contributed by atoms with E-state index in [0.29, 0.717) is 51.2 Å². The molecule has 2 N–H and O–H groups in total. The molecular formula is C33H54N4O9. The normalized spacial score (nSPS) is 21.0. The second kappa shape index (κ2) is 17.5. The zero-order chi connectivity index (χ0) is 33.9. The van der Waals surface area contributed by atoms with E-state index in [2.05, 4.69) is 10.6 Å². The summed E-state index contributed by atoms with van der Waals surface area (Å²) in [5.41, 5.74) is -0.538. The third kappa shape index (κ3) is 12.8. The molecule has 46 heavy (non-hydrogen) atoms. The van der Waals surface area contributed by atoms with Crippen LogP contribution in [0.3, 0.4) is 0 Å². The Hall–Kier alpha value is -3.38. The molecule has 0 radical (unpaired) electrons. The van der Waals surface area contributed by atoms with Gasteiger partial charge in [0.1, 0.15) is 17.9 Å². The van der Waals surface area contributed by atoms with Gasteiger partial charge in [0, 0.05) is 39.5 Å². The molecule has 3 rings (SSSR count). The minimum Gasteiger partial charge on any atom is -0.460 e. The van der Waals surface area contributed by atoms with Crippen LogP contribution in [0.2, 0.25) is 0 Å². The predicted molar refractivity (Wildman–Crippen MR) is 168 cm³/mol. The molecular weight excluding hydrogens is 596 g/mol. The molecule has 260 valence electrons. The van der Waals surface area contributed by atoms with Crippen molar-refractivity contribution < 1.29 is 43.0 Å². The first-order chi connectivity index (χ1) is 21.7. The van der Waals surface area contributed by atoms with Crippen LogP contribution in [-0.4, -0.2) is 95.7 Å². The highest BCUT2D eigenvalue weighted by Crippen LogP contribution is 2.25. The Bertz CT molecular complexity index is 1080. The number of amides is 4. The lowest BCUT2D eigenvalue weighted by Crippen LogP contribution is -2.53. The average molecular weight is 651 g/mol. The van der Waals surface area contributed by atoms with Crippen LogP contribution in [-0.2, 0) is 38.2 Å². The van der Waals surface area contributed by atoms with E-state index in [1.54, 1.807) is 9.80 Å². The van der Waals surface area contributed by atoms with Gasteiger partial charge in [-0.1, -0.05) is 6.42 Å². The molecule has 3 atom stereocenters. The van der Waals surface area contributed by atoms with Gasteiger partial charge in [0.25, 0.3) is 0 Å². The molecule has 13 nitrogen and oxygen atoms in total. The van der Waals surface area contributed by atoms with Crippen molar-refractivity contribution in [2.45, 2.75) is 136 Å². The van der Waals surface area contributed by atoms with Gasteiger partial charge >= 0.3 is 18.0 Å². The van der Waals surface area contributed by atoms with Gasteiger partial charge in [0.2, 0.25) is 17.7 Å². The van der Waals surface area contributed by atoms with Crippen LogP contribution in [0.4, 0.5) is 4.79 Å². The van der Waals surface area contributed by atoms with Gasteiger partial charge in [-0.2, -0.15) is 0 Å². The van der Waals surface area contributed by atoms with Gasteiger partial charge in [-0.3, -0.25) is 19.2 Å². The van der Waals surface area contributed by atoms with Crippen molar-refractivity contribution in [1.82, 2.24) is 20.4 Å². The highest BCUT2D eigenvalue weighted by Gasteiger charge is 2.32. The third-order valence-electron chi connectivity index (χ3n) is 8.72. The topological polar surface area (TPSA) is 161 Å². The largest absolute Gasteiger partial charge is 0.460 e. The number of nitrogens with one attached hydrogen (secondary N) is 2. The zero-order valence-corrected chi connectivity index (χ0v) is 28.3. The molecule has 0 bridgehead atoms. The van der Waals surface area contributed by atoms with E-state index < -0.39 is 41.6 Å². The molecule has 0 spiro atoms. The van der Waals surface area contributed by atoms with E-state index in [1.807, 2.05) is 20.8 Å². The van der Waals surface area contributed by atoms with Gasteiger partial charge in [-0.25, -0.2) is 9.59 Å². The number of esters is 2. The summed E-state index contributed by atoms with van der Waals surface area (Å²) in [6.07, 6.45) is 5.65. The standard InChI is InChI=1S/C33H54N4O9/c1-22(31(42)45-26-11-7-6-8-12-26)44-29(40)20-27(34-23(2)38)35-30(41)25-10-9-17-37(21-25)28(39)14-13-24-15-18-36(19-16-24)32(43)46-33(3,4)5/h22,24-27H,6-21H2,1-5H3,(H,34,38)(H,35,41)/t22?,25-,27+/m1/s1. The van der Waals surface area contributed by atoms with Gasteiger partial charge < -0.3 is 34.6 Å². The van der Waals surface area contributed by atoms with Crippen LogP contribution in [0, 0.1) is 11.8 Å². The second-order valence-corrected chi connectivity index (χ2v) is 13.9. The van der Waals surface area contributed by atoms with Crippen molar-refractivity contribution >= 4 is 35.8 Å². The molecule has 2 saturated heterocycles. The van der Waals surface area contributed by atoms with Crippen LogP contribution in [0.1, 0.15) is 112 Å². The van der Waals surface area contributed by atoms with E-state index in [0.717, 1.165) is 44.9 Å². The van der Waals surface area contributed by atoms with Crippen molar-refractivity contribution in [3.05, 3.63) is 0 Å². The van der Waals surface area contributed by atoms with Gasteiger partial charge in [0.15, 0.2) is 6.10 Å².